The number of carbonyl (C=O) groups excluding carboxylic acids is 1. The van der Waals surface area contributed by atoms with E-state index >= 15 is 0 Å². The van der Waals surface area contributed by atoms with E-state index in [9.17, 15) is 15.0 Å². The Kier molecular flexibility index (Phi) is 4.72. The Morgan fingerprint density at radius 1 is 1.14 bits per heavy atom. The van der Waals surface area contributed by atoms with Crippen LogP contribution in [-0.2, 0) is 4.79 Å². The topological polar surface area (TPSA) is 100 Å². The third kappa shape index (κ3) is 3.54. The second-order valence-corrected chi connectivity index (χ2v) is 6.90. The molecule has 0 fully saturated rings. The molecular formula is C22H20N2O5. The number of nitrogens with zero attached hydrogens (tertiary/aromatic N) is 1. The Morgan fingerprint density at radius 3 is 2.55 bits per heavy atom. The van der Waals surface area contributed by atoms with Gasteiger partial charge in [0.25, 0.3) is 5.91 Å². The second-order valence-electron chi connectivity index (χ2n) is 6.90. The predicted octanol–water partition coefficient (Wildman–Crippen LogP) is 3.16. The molecule has 0 unspecified atom stereocenters. The molecular weight excluding hydrogens is 372 g/mol. The van der Waals surface area contributed by atoms with Crippen LogP contribution in [0.2, 0.25) is 0 Å². The molecule has 4 rings (SSSR count). The molecule has 1 aliphatic heterocycles. The average molecular weight is 392 g/mol. The molecule has 1 aliphatic rings. The Hall–Kier alpha value is -3.74. The lowest BCUT2D eigenvalue weighted by molar-refractivity contribution is -0.130. The molecule has 1 amide bonds. The van der Waals surface area contributed by atoms with Crippen molar-refractivity contribution in [2.45, 2.75) is 20.0 Å². The molecule has 3 N–H and O–H groups in total. The van der Waals surface area contributed by atoms with E-state index in [1.54, 1.807) is 13.8 Å². The molecule has 3 aromatic rings. The third-order valence-corrected chi connectivity index (χ3v) is 4.90. The van der Waals surface area contributed by atoms with Crippen LogP contribution in [-0.4, -0.2) is 35.0 Å². The maximum atomic E-state index is 12.4. The van der Waals surface area contributed by atoms with E-state index in [1.807, 2.05) is 36.4 Å². The number of carbonyl (C=O) groups is 1. The van der Waals surface area contributed by atoms with Gasteiger partial charge in [0.2, 0.25) is 6.10 Å². The van der Waals surface area contributed by atoms with Crippen molar-refractivity contribution in [1.29, 1.82) is 0 Å². The minimum absolute atomic E-state index is 0.000120. The molecule has 0 spiro atoms. The summed E-state index contributed by atoms with van der Waals surface area (Å²) in [6, 6.07) is 13.1. The van der Waals surface area contributed by atoms with Crippen LogP contribution in [0.15, 0.2) is 47.6 Å². The summed E-state index contributed by atoms with van der Waals surface area (Å²) in [7, 11) is 0. The third-order valence-electron chi connectivity index (χ3n) is 4.90. The molecule has 0 bridgehead atoms. The number of ether oxygens (including phenoxy) is 2. The highest BCUT2D eigenvalue weighted by Crippen LogP contribution is 2.36. The zero-order valence-corrected chi connectivity index (χ0v) is 16.0. The Bertz CT molecular complexity index is 1140. The summed E-state index contributed by atoms with van der Waals surface area (Å²) < 4.78 is 11.5. The fourth-order valence-electron chi connectivity index (χ4n) is 3.18. The van der Waals surface area contributed by atoms with Gasteiger partial charge in [-0.15, -0.1) is 0 Å². The Labute approximate surface area is 167 Å². The van der Waals surface area contributed by atoms with Gasteiger partial charge < -0.3 is 19.7 Å². The molecule has 3 aromatic carbocycles. The van der Waals surface area contributed by atoms with E-state index in [1.165, 1.54) is 12.3 Å². The van der Waals surface area contributed by atoms with Crippen LogP contribution in [0, 0.1) is 13.8 Å². The number of phenolic OH excluding ortho intramolecular Hbond substituents is 2. The molecule has 0 aliphatic carbocycles. The van der Waals surface area contributed by atoms with Crippen molar-refractivity contribution in [1.82, 2.24) is 5.43 Å². The van der Waals surface area contributed by atoms with Crippen LogP contribution in [0.25, 0.3) is 10.8 Å². The van der Waals surface area contributed by atoms with Crippen molar-refractivity contribution >= 4 is 22.9 Å². The highest BCUT2D eigenvalue weighted by atomic mass is 16.6. The molecule has 0 saturated heterocycles. The predicted molar refractivity (Wildman–Crippen MR) is 109 cm³/mol. The van der Waals surface area contributed by atoms with Gasteiger partial charge in [0.05, 0.1) is 6.21 Å². The number of benzene rings is 3. The molecule has 1 heterocycles. The minimum Gasteiger partial charge on any atom is -0.508 e. The van der Waals surface area contributed by atoms with E-state index in [0.717, 1.165) is 10.8 Å². The second kappa shape index (κ2) is 7.35. The zero-order chi connectivity index (χ0) is 20.5. The van der Waals surface area contributed by atoms with Crippen molar-refractivity contribution in [2.24, 2.45) is 5.10 Å². The SMILES string of the molecule is Cc1cc(O)c(C)c(O)c1/C=N/NC(=O)[C@@H]1COc2cc3ccccc3cc2O1. The van der Waals surface area contributed by atoms with Crippen molar-refractivity contribution in [2.75, 3.05) is 6.61 Å². The lowest BCUT2D eigenvalue weighted by Gasteiger charge is -2.25. The molecule has 7 heteroatoms. The Balaban J connectivity index is 1.47. The highest BCUT2D eigenvalue weighted by Gasteiger charge is 2.27. The number of nitrogens with one attached hydrogen (secondary N) is 1. The van der Waals surface area contributed by atoms with Gasteiger partial charge in [-0.1, -0.05) is 24.3 Å². The van der Waals surface area contributed by atoms with E-state index in [4.69, 9.17) is 9.47 Å². The zero-order valence-electron chi connectivity index (χ0n) is 16.0. The monoisotopic (exact) mass is 392 g/mol. The van der Waals surface area contributed by atoms with Gasteiger partial charge in [-0.2, -0.15) is 5.10 Å². The number of aryl methyl sites for hydroxylation is 1. The van der Waals surface area contributed by atoms with Crippen LogP contribution in [0.3, 0.4) is 0 Å². The summed E-state index contributed by atoms with van der Waals surface area (Å²) in [5, 5.41) is 25.8. The number of hydrogen-bond acceptors (Lipinski definition) is 6. The minimum atomic E-state index is -0.850. The van der Waals surface area contributed by atoms with Crippen LogP contribution < -0.4 is 14.9 Å². The van der Waals surface area contributed by atoms with E-state index in [0.29, 0.717) is 28.2 Å². The molecule has 1 atom stereocenters. The van der Waals surface area contributed by atoms with Gasteiger partial charge in [0.15, 0.2) is 11.5 Å². The first-order chi connectivity index (χ1) is 13.9. The van der Waals surface area contributed by atoms with Crippen LogP contribution >= 0.6 is 0 Å². The Morgan fingerprint density at radius 2 is 1.83 bits per heavy atom. The van der Waals surface area contributed by atoms with Gasteiger partial charge in [-0.3, -0.25) is 4.79 Å². The lowest BCUT2D eigenvalue weighted by Crippen LogP contribution is -2.42. The van der Waals surface area contributed by atoms with Gasteiger partial charge in [0, 0.05) is 11.1 Å². The standard InChI is InChI=1S/C22H20N2O5/c1-12-7-17(25)13(2)21(26)16(12)10-23-24-22(27)20-11-28-18-8-14-5-3-4-6-15(14)9-19(18)29-20/h3-10,20,25-26H,11H2,1-2H3,(H,24,27)/b23-10+/t20-/m0/s1. The smallest absolute Gasteiger partial charge is 0.284 e. The summed E-state index contributed by atoms with van der Waals surface area (Å²) in [5.41, 5.74) is 3.79. The summed E-state index contributed by atoms with van der Waals surface area (Å²) in [6.45, 7) is 3.38. The molecule has 7 nitrogen and oxygen atoms in total. The number of phenols is 2. The first kappa shape index (κ1) is 18.6. The van der Waals surface area contributed by atoms with Gasteiger partial charge in [-0.25, -0.2) is 5.43 Å². The maximum absolute atomic E-state index is 12.4. The first-order valence-electron chi connectivity index (χ1n) is 9.11. The maximum Gasteiger partial charge on any atom is 0.284 e. The molecule has 0 aromatic heterocycles. The van der Waals surface area contributed by atoms with Crippen molar-refractivity contribution < 1.29 is 24.5 Å². The number of hydrazone groups is 1. The van der Waals surface area contributed by atoms with Gasteiger partial charge >= 0.3 is 0 Å². The summed E-state index contributed by atoms with van der Waals surface area (Å²) in [4.78, 5) is 12.4. The largest absolute Gasteiger partial charge is 0.508 e. The van der Waals surface area contributed by atoms with Gasteiger partial charge in [-0.05, 0) is 48.4 Å². The number of rotatable bonds is 3. The average Bonchev–Trinajstić information content (AvgIpc) is 2.72. The number of hydrogen-bond donors (Lipinski definition) is 3. The normalized spacial score (nSPS) is 15.6. The highest BCUT2D eigenvalue weighted by molar-refractivity contribution is 5.89. The fraction of sp³-hybridized carbons (Fsp3) is 0.182. The number of amides is 1. The fourth-order valence-corrected chi connectivity index (χ4v) is 3.18. The van der Waals surface area contributed by atoms with Crippen LogP contribution in [0.1, 0.15) is 16.7 Å². The molecule has 29 heavy (non-hydrogen) atoms. The molecule has 0 saturated carbocycles. The van der Waals surface area contributed by atoms with E-state index < -0.39 is 12.0 Å². The quantitative estimate of drug-likeness (QED) is 0.470. The van der Waals surface area contributed by atoms with Gasteiger partial charge in [0.1, 0.15) is 18.1 Å². The molecule has 148 valence electrons. The first-order valence-corrected chi connectivity index (χ1v) is 9.11. The summed E-state index contributed by atoms with van der Waals surface area (Å²) >= 11 is 0. The van der Waals surface area contributed by atoms with Crippen molar-refractivity contribution in [3.63, 3.8) is 0 Å². The van der Waals surface area contributed by atoms with E-state index in [-0.39, 0.29) is 18.1 Å². The van der Waals surface area contributed by atoms with Crippen LogP contribution in [0.4, 0.5) is 0 Å². The summed E-state index contributed by atoms with van der Waals surface area (Å²) in [6.07, 6.45) is 0.484. The number of fused-ring (bicyclic) bond motifs is 2. The van der Waals surface area contributed by atoms with Crippen LogP contribution in [0.5, 0.6) is 23.0 Å². The summed E-state index contributed by atoms with van der Waals surface area (Å²) in [5.74, 6) is 0.546. The van der Waals surface area contributed by atoms with E-state index in [2.05, 4.69) is 10.5 Å². The molecule has 0 radical (unpaired) electrons. The lowest BCUT2D eigenvalue weighted by atomic mass is 10.0. The number of aromatic hydroxyl groups is 2. The van der Waals surface area contributed by atoms with Crippen molar-refractivity contribution in [3.05, 3.63) is 59.2 Å². The van der Waals surface area contributed by atoms with Crippen molar-refractivity contribution in [3.8, 4) is 23.0 Å².